The van der Waals surface area contributed by atoms with Crippen LogP contribution < -0.4 is 4.90 Å². The Labute approximate surface area is 223 Å². The molecule has 37 heavy (non-hydrogen) atoms. The van der Waals surface area contributed by atoms with Gasteiger partial charge in [0.15, 0.2) is 5.13 Å². The van der Waals surface area contributed by atoms with Gasteiger partial charge in [0.1, 0.15) is 0 Å². The Hall–Kier alpha value is -3.06. The van der Waals surface area contributed by atoms with Crippen LogP contribution in [-0.4, -0.2) is 55.2 Å². The molecule has 0 radical (unpaired) electrons. The molecule has 3 aromatic carbocycles. The number of carbonyl (C=O) groups is 1. The standard InChI is InChI=1S/C31H35N3O2S/c1-23-14-15-24(2)30-29(23)32-31(37-30)34(17-9-16-33-18-20-36-21-19-33)28(35)22-27(25-10-5-3-6-11-25)26-12-7-4-8-13-26/h3-8,10-15,27H,9,16-22H2,1-2H3. The summed E-state index contributed by atoms with van der Waals surface area (Å²) < 4.78 is 6.67. The number of anilines is 1. The Balaban J connectivity index is 1.43. The number of ether oxygens (including phenoxy) is 1. The molecule has 0 atom stereocenters. The first-order chi connectivity index (χ1) is 18.1. The largest absolute Gasteiger partial charge is 0.379 e. The second-order valence-electron chi connectivity index (χ2n) is 9.80. The topological polar surface area (TPSA) is 45.7 Å². The van der Waals surface area contributed by atoms with Crippen LogP contribution in [0.2, 0.25) is 0 Å². The van der Waals surface area contributed by atoms with Crippen molar-refractivity contribution >= 4 is 32.6 Å². The molecule has 4 aromatic rings. The molecule has 0 saturated carbocycles. The molecular weight excluding hydrogens is 478 g/mol. The quantitative estimate of drug-likeness (QED) is 0.268. The van der Waals surface area contributed by atoms with Crippen molar-refractivity contribution in [3.05, 3.63) is 95.1 Å². The van der Waals surface area contributed by atoms with Crippen LogP contribution in [-0.2, 0) is 9.53 Å². The van der Waals surface area contributed by atoms with Gasteiger partial charge in [-0.3, -0.25) is 14.6 Å². The van der Waals surface area contributed by atoms with Crippen LogP contribution in [0, 0.1) is 13.8 Å². The van der Waals surface area contributed by atoms with E-state index in [2.05, 4.69) is 79.4 Å². The second kappa shape index (κ2) is 12.0. The number of aromatic nitrogens is 1. The Morgan fingerprint density at radius 1 is 0.946 bits per heavy atom. The van der Waals surface area contributed by atoms with Gasteiger partial charge in [-0.25, -0.2) is 4.98 Å². The first kappa shape index (κ1) is 25.6. The molecule has 192 valence electrons. The van der Waals surface area contributed by atoms with Gasteiger partial charge in [0.05, 0.1) is 23.4 Å². The Morgan fingerprint density at radius 2 is 1.57 bits per heavy atom. The number of rotatable bonds is 9. The summed E-state index contributed by atoms with van der Waals surface area (Å²) in [4.78, 5) is 23.5. The first-order valence-electron chi connectivity index (χ1n) is 13.2. The van der Waals surface area contributed by atoms with Crippen LogP contribution in [0.3, 0.4) is 0 Å². The smallest absolute Gasteiger partial charge is 0.229 e. The molecule has 0 N–H and O–H groups in total. The average Bonchev–Trinajstić information content (AvgIpc) is 3.40. The highest BCUT2D eigenvalue weighted by Crippen LogP contribution is 2.35. The third kappa shape index (κ3) is 6.09. The summed E-state index contributed by atoms with van der Waals surface area (Å²) in [5, 5.41) is 0.805. The first-order valence-corrected chi connectivity index (χ1v) is 14.0. The van der Waals surface area contributed by atoms with Crippen LogP contribution in [0.25, 0.3) is 10.2 Å². The lowest BCUT2D eigenvalue weighted by Gasteiger charge is -2.28. The van der Waals surface area contributed by atoms with Gasteiger partial charge in [0.2, 0.25) is 5.91 Å². The fourth-order valence-corrected chi connectivity index (χ4v) is 6.21. The molecule has 1 amide bonds. The molecule has 0 aliphatic carbocycles. The van der Waals surface area contributed by atoms with Gasteiger partial charge in [-0.2, -0.15) is 0 Å². The van der Waals surface area contributed by atoms with Crippen molar-refractivity contribution in [3.63, 3.8) is 0 Å². The number of benzene rings is 3. The molecule has 5 nitrogen and oxygen atoms in total. The van der Waals surface area contributed by atoms with E-state index >= 15 is 0 Å². The lowest BCUT2D eigenvalue weighted by atomic mass is 9.88. The van der Waals surface area contributed by atoms with E-state index in [1.165, 1.54) is 10.3 Å². The van der Waals surface area contributed by atoms with Gasteiger partial charge < -0.3 is 4.74 Å². The molecule has 0 unspecified atom stereocenters. The molecule has 2 heterocycles. The van der Waals surface area contributed by atoms with Crippen LogP contribution in [0.15, 0.2) is 72.8 Å². The van der Waals surface area contributed by atoms with Crippen molar-refractivity contribution in [2.75, 3.05) is 44.3 Å². The Kier molecular flexibility index (Phi) is 8.29. The normalized spacial score (nSPS) is 14.4. The highest BCUT2D eigenvalue weighted by atomic mass is 32.1. The SMILES string of the molecule is Cc1ccc(C)c2sc(N(CCCN3CCOCC3)C(=O)CC(c3ccccc3)c3ccccc3)nc12. The number of fused-ring (bicyclic) bond motifs is 1. The zero-order valence-corrected chi connectivity index (χ0v) is 22.5. The summed E-state index contributed by atoms with van der Waals surface area (Å²) in [6.07, 6.45) is 1.31. The molecule has 6 heteroatoms. The number of amides is 1. The van der Waals surface area contributed by atoms with Crippen molar-refractivity contribution in [1.82, 2.24) is 9.88 Å². The van der Waals surface area contributed by atoms with E-state index < -0.39 is 0 Å². The lowest BCUT2D eigenvalue weighted by molar-refractivity contribution is -0.118. The summed E-state index contributed by atoms with van der Waals surface area (Å²) in [7, 11) is 0. The van der Waals surface area contributed by atoms with E-state index in [0.717, 1.165) is 66.6 Å². The summed E-state index contributed by atoms with van der Waals surface area (Å²) in [5.74, 6) is 0.114. The van der Waals surface area contributed by atoms with E-state index in [1.54, 1.807) is 11.3 Å². The van der Waals surface area contributed by atoms with Gasteiger partial charge in [-0.15, -0.1) is 0 Å². The molecule has 1 fully saturated rings. The van der Waals surface area contributed by atoms with E-state index in [-0.39, 0.29) is 11.8 Å². The monoisotopic (exact) mass is 513 g/mol. The van der Waals surface area contributed by atoms with Gasteiger partial charge in [0.25, 0.3) is 0 Å². The van der Waals surface area contributed by atoms with E-state index in [1.807, 2.05) is 17.0 Å². The van der Waals surface area contributed by atoms with Gasteiger partial charge >= 0.3 is 0 Å². The van der Waals surface area contributed by atoms with Crippen molar-refractivity contribution in [2.24, 2.45) is 0 Å². The Bertz CT molecular complexity index is 1240. The molecule has 1 aliphatic heterocycles. The third-order valence-electron chi connectivity index (χ3n) is 7.21. The predicted molar refractivity (Wildman–Crippen MR) is 153 cm³/mol. The summed E-state index contributed by atoms with van der Waals surface area (Å²) in [6, 6.07) is 25.0. The fourth-order valence-electron chi connectivity index (χ4n) is 5.05. The molecule has 0 spiro atoms. The van der Waals surface area contributed by atoms with Crippen LogP contribution >= 0.6 is 11.3 Å². The minimum absolute atomic E-state index is 0.00510. The van der Waals surface area contributed by atoms with Crippen LogP contribution in [0.1, 0.15) is 41.0 Å². The van der Waals surface area contributed by atoms with Gasteiger partial charge in [-0.05, 0) is 42.5 Å². The van der Waals surface area contributed by atoms with E-state index in [9.17, 15) is 4.79 Å². The van der Waals surface area contributed by atoms with E-state index in [4.69, 9.17) is 9.72 Å². The lowest BCUT2D eigenvalue weighted by Crippen LogP contribution is -2.39. The summed E-state index contributed by atoms with van der Waals surface area (Å²) >= 11 is 1.64. The van der Waals surface area contributed by atoms with Crippen molar-refractivity contribution in [2.45, 2.75) is 32.6 Å². The third-order valence-corrected chi connectivity index (χ3v) is 8.42. The van der Waals surface area contributed by atoms with Crippen LogP contribution in [0.4, 0.5) is 5.13 Å². The molecule has 5 rings (SSSR count). The average molecular weight is 514 g/mol. The molecule has 1 aromatic heterocycles. The highest BCUT2D eigenvalue weighted by molar-refractivity contribution is 7.22. The van der Waals surface area contributed by atoms with Crippen molar-refractivity contribution in [1.29, 1.82) is 0 Å². The number of hydrogen-bond acceptors (Lipinski definition) is 5. The summed E-state index contributed by atoms with van der Waals surface area (Å²) in [5.41, 5.74) is 5.68. The molecular formula is C31H35N3O2S. The summed E-state index contributed by atoms with van der Waals surface area (Å²) in [6.45, 7) is 9.31. The predicted octanol–water partition coefficient (Wildman–Crippen LogP) is 6.19. The maximum absolute atomic E-state index is 14.1. The number of aryl methyl sites for hydroxylation is 2. The Morgan fingerprint density at radius 3 is 2.19 bits per heavy atom. The van der Waals surface area contributed by atoms with E-state index in [0.29, 0.717) is 13.0 Å². The minimum Gasteiger partial charge on any atom is -0.379 e. The number of nitrogens with zero attached hydrogens (tertiary/aromatic N) is 3. The maximum Gasteiger partial charge on any atom is 0.229 e. The number of thiazole rings is 1. The minimum atomic E-state index is -0.00510. The van der Waals surface area contributed by atoms with Gasteiger partial charge in [0, 0.05) is 38.5 Å². The molecule has 1 aliphatic rings. The van der Waals surface area contributed by atoms with Crippen LogP contribution in [0.5, 0.6) is 0 Å². The van der Waals surface area contributed by atoms with Crippen molar-refractivity contribution in [3.8, 4) is 0 Å². The number of morpholine rings is 1. The van der Waals surface area contributed by atoms with Crippen molar-refractivity contribution < 1.29 is 9.53 Å². The second-order valence-corrected chi connectivity index (χ2v) is 10.8. The zero-order chi connectivity index (χ0) is 25.6. The number of carbonyl (C=O) groups excluding carboxylic acids is 1. The molecule has 1 saturated heterocycles. The maximum atomic E-state index is 14.1. The zero-order valence-electron chi connectivity index (χ0n) is 21.7. The molecule has 0 bridgehead atoms. The fraction of sp³-hybridized carbons (Fsp3) is 0.355. The van der Waals surface area contributed by atoms with Gasteiger partial charge in [-0.1, -0.05) is 84.1 Å². The highest BCUT2D eigenvalue weighted by Gasteiger charge is 2.26. The number of hydrogen-bond donors (Lipinski definition) is 0.